The molecule has 0 saturated heterocycles. The second-order valence-corrected chi connectivity index (χ2v) is 7.82. The molecule has 1 atom stereocenters. The molecule has 0 radical (unpaired) electrons. The number of carbonyl (C=O) groups excluding carboxylic acids is 1. The van der Waals surface area contributed by atoms with E-state index in [1.807, 2.05) is 0 Å². The number of furan rings is 1. The highest BCUT2D eigenvalue weighted by atomic mass is 35.5. The number of amides is 1. The molecule has 0 bridgehead atoms. The summed E-state index contributed by atoms with van der Waals surface area (Å²) in [5, 5.41) is 12.6. The maximum atomic E-state index is 12.6. The van der Waals surface area contributed by atoms with Gasteiger partial charge in [-0.3, -0.25) is 4.79 Å². The molecule has 1 heterocycles. The molecule has 2 aromatic rings. The van der Waals surface area contributed by atoms with Crippen molar-refractivity contribution in [2.24, 2.45) is 0 Å². The molecule has 1 aromatic carbocycles. The Hall–Kier alpha value is -1.87. The van der Waals surface area contributed by atoms with Gasteiger partial charge in [-0.05, 0) is 30.3 Å². The van der Waals surface area contributed by atoms with Crippen LogP contribution >= 0.6 is 11.6 Å². The van der Waals surface area contributed by atoms with Crippen molar-refractivity contribution in [3.63, 3.8) is 0 Å². The second kappa shape index (κ2) is 8.68. The van der Waals surface area contributed by atoms with Crippen LogP contribution in [0.5, 0.6) is 0 Å². The van der Waals surface area contributed by atoms with Gasteiger partial charge < -0.3 is 14.8 Å². The minimum absolute atomic E-state index is 0.0117. The van der Waals surface area contributed by atoms with Gasteiger partial charge in [-0.1, -0.05) is 25.4 Å². The van der Waals surface area contributed by atoms with Crippen LogP contribution in [-0.2, 0) is 10.0 Å². The maximum absolute atomic E-state index is 12.6. The highest BCUT2D eigenvalue weighted by Gasteiger charge is 2.24. The lowest BCUT2D eigenvalue weighted by atomic mass is 10.2. The van der Waals surface area contributed by atoms with E-state index in [4.69, 9.17) is 16.0 Å². The highest BCUT2D eigenvalue weighted by Crippen LogP contribution is 2.23. The van der Waals surface area contributed by atoms with E-state index in [1.165, 1.54) is 28.8 Å². The summed E-state index contributed by atoms with van der Waals surface area (Å²) < 4.78 is 31.6. The minimum Gasteiger partial charge on any atom is -0.467 e. The lowest BCUT2D eigenvalue weighted by Gasteiger charge is -2.19. The number of halogens is 1. The molecule has 0 saturated carbocycles. The van der Waals surface area contributed by atoms with Gasteiger partial charge in [0, 0.05) is 13.1 Å². The van der Waals surface area contributed by atoms with Crippen LogP contribution in [0, 0.1) is 0 Å². The Balaban J connectivity index is 2.20. The van der Waals surface area contributed by atoms with Gasteiger partial charge in [0.05, 0.1) is 28.3 Å². The van der Waals surface area contributed by atoms with Crippen molar-refractivity contribution in [1.29, 1.82) is 0 Å². The highest BCUT2D eigenvalue weighted by molar-refractivity contribution is 7.89. The summed E-state index contributed by atoms with van der Waals surface area (Å²) in [5.74, 6) is -0.272. The molecule has 0 aliphatic carbocycles. The van der Waals surface area contributed by atoms with Crippen LogP contribution in [0.15, 0.2) is 45.9 Å². The van der Waals surface area contributed by atoms with Gasteiger partial charge in [-0.15, -0.1) is 0 Å². The third-order valence-corrected chi connectivity index (χ3v) is 6.23. The Labute approximate surface area is 157 Å². The molecular formula is C17H21ClN2O5S. The Morgan fingerprint density at radius 2 is 2.00 bits per heavy atom. The molecule has 2 rings (SSSR count). The Morgan fingerprint density at radius 3 is 2.58 bits per heavy atom. The lowest BCUT2D eigenvalue weighted by Crippen LogP contribution is -2.31. The smallest absolute Gasteiger partial charge is 0.252 e. The minimum atomic E-state index is -3.71. The van der Waals surface area contributed by atoms with E-state index in [1.54, 1.807) is 26.0 Å². The van der Waals surface area contributed by atoms with Crippen LogP contribution in [0.1, 0.15) is 36.1 Å². The number of aliphatic hydroxyl groups is 1. The summed E-state index contributed by atoms with van der Waals surface area (Å²) in [6.45, 7) is 4.01. The van der Waals surface area contributed by atoms with E-state index in [9.17, 15) is 18.3 Å². The zero-order valence-electron chi connectivity index (χ0n) is 14.5. The van der Waals surface area contributed by atoms with Gasteiger partial charge in [-0.25, -0.2) is 8.42 Å². The normalized spacial score (nSPS) is 13.0. The lowest BCUT2D eigenvalue weighted by molar-refractivity contribution is 0.0901. The van der Waals surface area contributed by atoms with Crippen molar-refractivity contribution in [2.45, 2.75) is 24.8 Å². The second-order valence-electron chi connectivity index (χ2n) is 5.47. The van der Waals surface area contributed by atoms with Crippen LogP contribution in [-0.4, -0.2) is 43.4 Å². The van der Waals surface area contributed by atoms with Crippen molar-refractivity contribution in [1.82, 2.24) is 9.62 Å². The monoisotopic (exact) mass is 400 g/mol. The van der Waals surface area contributed by atoms with Crippen molar-refractivity contribution in [3.8, 4) is 0 Å². The van der Waals surface area contributed by atoms with Crippen molar-refractivity contribution >= 4 is 27.5 Å². The van der Waals surface area contributed by atoms with Crippen LogP contribution in [0.25, 0.3) is 0 Å². The van der Waals surface area contributed by atoms with Crippen molar-refractivity contribution < 1.29 is 22.7 Å². The maximum Gasteiger partial charge on any atom is 0.252 e. The summed E-state index contributed by atoms with van der Waals surface area (Å²) in [5.41, 5.74) is 0.0199. The third kappa shape index (κ3) is 4.45. The fraction of sp³-hybridized carbons (Fsp3) is 0.353. The summed E-state index contributed by atoms with van der Waals surface area (Å²) in [7, 11) is -3.71. The Kier molecular flexibility index (Phi) is 6.82. The van der Waals surface area contributed by atoms with Gasteiger partial charge >= 0.3 is 0 Å². The number of carbonyl (C=O) groups is 1. The SMILES string of the molecule is CCN(CC)S(=O)(=O)c1ccc(Cl)c(C(=O)NCC(O)c2ccco2)c1. The standard InChI is InChI=1S/C17H21ClN2O5S/c1-3-20(4-2)26(23,24)12-7-8-14(18)13(10-12)17(22)19-11-15(21)16-6-5-9-25-16/h5-10,15,21H,3-4,11H2,1-2H3,(H,19,22). The number of rotatable bonds is 8. The number of sulfonamides is 1. The molecule has 7 nitrogen and oxygen atoms in total. The molecule has 0 spiro atoms. The van der Waals surface area contributed by atoms with E-state index in [2.05, 4.69) is 5.32 Å². The molecule has 9 heteroatoms. The number of aliphatic hydroxyl groups excluding tert-OH is 1. The molecule has 0 fully saturated rings. The first-order valence-corrected chi connectivity index (χ1v) is 9.92. The van der Waals surface area contributed by atoms with Gasteiger partial charge in [0.25, 0.3) is 5.91 Å². The Bertz CT molecular complexity index is 848. The van der Waals surface area contributed by atoms with E-state index in [0.717, 1.165) is 0 Å². The van der Waals surface area contributed by atoms with Crippen molar-refractivity contribution in [3.05, 3.63) is 52.9 Å². The summed E-state index contributed by atoms with van der Waals surface area (Å²) in [4.78, 5) is 12.4. The third-order valence-electron chi connectivity index (χ3n) is 3.85. The van der Waals surface area contributed by atoms with Crippen LogP contribution in [0.3, 0.4) is 0 Å². The summed E-state index contributed by atoms with van der Waals surface area (Å²) in [6.07, 6.45) is 0.397. The molecule has 2 N–H and O–H groups in total. The first kappa shape index (κ1) is 20.4. The molecule has 1 aromatic heterocycles. The van der Waals surface area contributed by atoms with Gasteiger partial charge in [0.2, 0.25) is 10.0 Å². The molecular weight excluding hydrogens is 380 g/mol. The Morgan fingerprint density at radius 1 is 1.31 bits per heavy atom. The quantitative estimate of drug-likeness (QED) is 0.708. The average molecular weight is 401 g/mol. The predicted molar refractivity (Wildman–Crippen MR) is 97.6 cm³/mol. The largest absolute Gasteiger partial charge is 0.467 e. The van der Waals surface area contributed by atoms with E-state index in [0.29, 0.717) is 18.8 Å². The summed E-state index contributed by atoms with van der Waals surface area (Å²) in [6, 6.07) is 7.19. The zero-order valence-corrected chi connectivity index (χ0v) is 16.0. The molecule has 142 valence electrons. The van der Waals surface area contributed by atoms with Crippen LogP contribution in [0.4, 0.5) is 0 Å². The fourth-order valence-corrected chi connectivity index (χ4v) is 4.11. The molecule has 1 amide bonds. The van der Waals surface area contributed by atoms with E-state index in [-0.39, 0.29) is 22.0 Å². The number of benzene rings is 1. The number of hydrogen-bond donors (Lipinski definition) is 2. The number of hydrogen-bond acceptors (Lipinski definition) is 5. The summed E-state index contributed by atoms with van der Waals surface area (Å²) >= 11 is 6.05. The van der Waals surface area contributed by atoms with Crippen molar-refractivity contribution in [2.75, 3.05) is 19.6 Å². The number of nitrogens with one attached hydrogen (secondary N) is 1. The molecule has 0 aliphatic rings. The van der Waals surface area contributed by atoms with Gasteiger partial charge in [-0.2, -0.15) is 4.31 Å². The first-order chi connectivity index (χ1) is 12.3. The molecule has 26 heavy (non-hydrogen) atoms. The predicted octanol–water partition coefficient (Wildman–Crippen LogP) is 2.43. The fourth-order valence-electron chi connectivity index (χ4n) is 2.42. The van der Waals surface area contributed by atoms with Crippen LogP contribution < -0.4 is 5.32 Å². The topological polar surface area (TPSA) is 99.9 Å². The van der Waals surface area contributed by atoms with Gasteiger partial charge in [0.15, 0.2) is 0 Å². The molecule has 1 unspecified atom stereocenters. The average Bonchev–Trinajstić information content (AvgIpc) is 3.15. The number of nitrogens with zero attached hydrogens (tertiary/aromatic N) is 1. The van der Waals surface area contributed by atoms with E-state index >= 15 is 0 Å². The van der Waals surface area contributed by atoms with E-state index < -0.39 is 22.0 Å². The van der Waals surface area contributed by atoms with Gasteiger partial charge in [0.1, 0.15) is 11.9 Å². The van der Waals surface area contributed by atoms with Crippen LogP contribution in [0.2, 0.25) is 5.02 Å². The zero-order chi connectivity index (χ0) is 19.3. The molecule has 0 aliphatic heterocycles. The first-order valence-electron chi connectivity index (χ1n) is 8.10.